The lowest BCUT2D eigenvalue weighted by Crippen LogP contribution is -1.97. The molecule has 0 bridgehead atoms. The Morgan fingerprint density at radius 2 is 2.21 bits per heavy atom. The lowest BCUT2D eigenvalue weighted by atomic mass is 10.1. The molecule has 0 fully saturated rings. The van der Waals surface area contributed by atoms with Crippen LogP contribution in [0.25, 0.3) is 6.08 Å². The van der Waals surface area contributed by atoms with E-state index in [9.17, 15) is 14.9 Å². The summed E-state index contributed by atoms with van der Waals surface area (Å²) in [6.07, 6.45) is 4.56. The molecule has 1 heterocycles. The molecule has 0 saturated carbocycles. The van der Waals surface area contributed by atoms with Gasteiger partial charge in [-0.05, 0) is 17.7 Å². The van der Waals surface area contributed by atoms with Crippen molar-refractivity contribution < 1.29 is 9.72 Å². The van der Waals surface area contributed by atoms with Gasteiger partial charge in [0, 0.05) is 25.4 Å². The van der Waals surface area contributed by atoms with Gasteiger partial charge in [0.1, 0.15) is 5.69 Å². The number of allylic oxidation sites excluding steroid dienone is 1. The number of benzene rings is 1. The van der Waals surface area contributed by atoms with E-state index in [1.807, 2.05) is 0 Å². The van der Waals surface area contributed by atoms with Gasteiger partial charge >= 0.3 is 0 Å². The molecule has 0 spiro atoms. The van der Waals surface area contributed by atoms with Crippen molar-refractivity contribution in [2.24, 2.45) is 7.05 Å². The van der Waals surface area contributed by atoms with Crippen molar-refractivity contribution >= 4 is 17.5 Å². The third-order valence-electron chi connectivity index (χ3n) is 2.47. The zero-order chi connectivity index (χ0) is 13.8. The smallest absolute Gasteiger partial charge is 0.270 e. The number of carbonyl (C=O) groups is 1. The number of hydrogen-bond acceptors (Lipinski definition) is 4. The molecule has 19 heavy (non-hydrogen) atoms. The second-order valence-electron chi connectivity index (χ2n) is 3.92. The molecule has 0 aliphatic rings. The number of carbonyl (C=O) groups excluding carboxylic acids is 1. The number of rotatable bonds is 4. The van der Waals surface area contributed by atoms with E-state index in [4.69, 9.17) is 0 Å². The summed E-state index contributed by atoms with van der Waals surface area (Å²) >= 11 is 0. The van der Waals surface area contributed by atoms with E-state index in [1.54, 1.807) is 31.4 Å². The molecule has 96 valence electrons. The Labute approximate surface area is 109 Å². The van der Waals surface area contributed by atoms with Gasteiger partial charge in [0.25, 0.3) is 5.69 Å². The third-order valence-corrected chi connectivity index (χ3v) is 2.47. The second kappa shape index (κ2) is 5.26. The summed E-state index contributed by atoms with van der Waals surface area (Å²) in [5.74, 6) is -0.243. The van der Waals surface area contributed by atoms with E-state index < -0.39 is 4.92 Å². The minimum Gasteiger partial charge on any atom is -0.287 e. The maximum Gasteiger partial charge on any atom is 0.270 e. The van der Waals surface area contributed by atoms with Crippen LogP contribution in [0.3, 0.4) is 0 Å². The predicted molar refractivity (Wildman–Crippen MR) is 69.7 cm³/mol. The SMILES string of the molecule is Cn1ccc(C(=O)/C=C/c2cccc([N+](=O)[O-])c2)n1. The molecule has 0 N–H and O–H groups in total. The van der Waals surface area contributed by atoms with Crippen LogP contribution in [0.5, 0.6) is 0 Å². The molecule has 1 aromatic heterocycles. The van der Waals surface area contributed by atoms with Gasteiger partial charge in [-0.3, -0.25) is 19.6 Å². The predicted octanol–water partition coefficient (Wildman–Crippen LogP) is 2.22. The number of nitrogens with zero attached hydrogens (tertiary/aromatic N) is 3. The molecule has 0 aliphatic carbocycles. The molecule has 0 unspecified atom stereocenters. The fourth-order valence-electron chi connectivity index (χ4n) is 1.55. The lowest BCUT2D eigenvalue weighted by molar-refractivity contribution is -0.384. The van der Waals surface area contributed by atoms with Crippen LogP contribution in [0.15, 0.2) is 42.6 Å². The summed E-state index contributed by atoms with van der Waals surface area (Å²) in [5, 5.41) is 14.6. The van der Waals surface area contributed by atoms with Gasteiger partial charge in [-0.15, -0.1) is 0 Å². The minimum atomic E-state index is -0.474. The van der Waals surface area contributed by atoms with Crippen LogP contribution in [-0.2, 0) is 7.05 Å². The average molecular weight is 257 g/mol. The van der Waals surface area contributed by atoms with Crippen LogP contribution in [-0.4, -0.2) is 20.5 Å². The number of aromatic nitrogens is 2. The second-order valence-corrected chi connectivity index (χ2v) is 3.92. The molecule has 2 rings (SSSR count). The molecule has 6 heteroatoms. The molecule has 0 aliphatic heterocycles. The van der Waals surface area contributed by atoms with Crippen molar-refractivity contribution in [2.75, 3.05) is 0 Å². The van der Waals surface area contributed by atoms with Crippen LogP contribution < -0.4 is 0 Å². The lowest BCUT2D eigenvalue weighted by Gasteiger charge is -1.94. The van der Waals surface area contributed by atoms with Gasteiger partial charge in [-0.25, -0.2) is 0 Å². The first-order valence-corrected chi connectivity index (χ1v) is 5.53. The van der Waals surface area contributed by atoms with E-state index in [0.717, 1.165) is 0 Å². The van der Waals surface area contributed by atoms with Crippen molar-refractivity contribution in [2.45, 2.75) is 0 Å². The summed E-state index contributed by atoms with van der Waals surface area (Å²) < 4.78 is 1.54. The molecule has 1 aromatic carbocycles. The number of nitro benzene ring substituents is 1. The van der Waals surface area contributed by atoms with Gasteiger partial charge in [0.2, 0.25) is 5.78 Å². The van der Waals surface area contributed by atoms with Gasteiger partial charge in [0.15, 0.2) is 0 Å². The number of hydrogen-bond donors (Lipinski definition) is 0. The van der Waals surface area contributed by atoms with Crippen molar-refractivity contribution in [3.8, 4) is 0 Å². The highest BCUT2D eigenvalue weighted by Gasteiger charge is 2.06. The monoisotopic (exact) mass is 257 g/mol. The number of ketones is 1. The summed E-state index contributed by atoms with van der Waals surface area (Å²) in [4.78, 5) is 21.9. The van der Waals surface area contributed by atoms with Crippen LogP contribution in [0.2, 0.25) is 0 Å². The molecule has 0 radical (unpaired) electrons. The molecule has 0 amide bonds. The van der Waals surface area contributed by atoms with Gasteiger partial charge in [0.05, 0.1) is 4.92 Å². The van der Waals surface area contributed by atoms with Gasteiger partial charge in [-0.2, -0.15) is 5.10 Å². The van der Waals surface area contributed by atoms with Gasteiger partial charge in [-0.1, -0.05) is 18.2 Å². The van der Waals surface area contributed by atoms with Crippen LogP contribution >= 0.6 is 0 Å². The first-order valence-electron chi connectivity index (χ1n) is 5.53. The zero-order valence-electron chi connectivity index (χ0n) is 10.2. The first-order chi connectivity index (χ1) is 9.06. The summed E-state index contributed by atoms with van der Waals surface area (Å²) in [6, 6.07) is 7.68. The molecule has 0 atom stereocenters. The summed E-state index contributed by atoms with van der Waals surface area (Å²) in [5.41, 5.74) is 0.926. The first kappa shape index (κ1) is 12.7. The van der Waals surface area contributed by atoms with E-state index in [2.05, 4.69) is 5.10 Å². The van der Waals surface area contributed by atoms with Gasteiger partial charge < -0.3 is 0 Å². The molecular formula is C13H11N3O3. The highest BCUT2D eigenvalue weighted by atomic mass is 16.6. The Balaban J connectivity index is 2.16. The minimum absolute atomic E-state index is 0.00700. The Morgan fingerprint density at radius 3 is 2.84 bits per heavy atom. The number of nitro groups is 1. The van der Waals surface area contributed by atoms with E-state index in [1.165, 1.54) is 29.0 Å². The Bertz CT molecular complexity index is 659. The Morgan fingerprint density at radius 1 is 1.42 bits per heavy atom. The largest absolute Gasteiger partial charge is 0.287 e. The van der Waals surface area contributed by atoms with E-state index in [0.29, 0.717) is 11.3 Å². The van der Waals surface area contributed by atoms with Crippen molar-refractivity contribution in [1.82, 2.24) is 9.78 Å². The standard InChI is InChI=1S/C13H11N3O3/c1-15-8-7-12(14-15)13(17)6-5-10-3-2-4-11(9-10)16(18)19/h2-9H,1H3/b6-5+. The maximum atomic E-state index is 11.8. The molecule has 2 aromatic rings. The van der Waals surface area contributed by atoms with Crippen molar-refractivity contribution in [1.29, 1.82) is 0 Å². The van der Waals surface area contributed by atoms with Crippen molar-refractivity contribution in [3.63, 3.8) is 0 Å². The van der Waals surface area contributed by atoms with Crippen LogP contribution in [0.4, 0.5) is 5.69 Å². The highest BCUT2D eigenvalue weighted by Crippen LogP contribution is 2.14. The van der Waals surface area contributed by atoms with Crippen molar-refractivity contribution in [3.05, 3.63) is 64.0 Å². The Kier molecular flexibility index (Phi) is 3.51. The normalized spacial score (nSPS) is 10.8. The zero-order valence-corrected chi connectivity index (χ0v) is 10.2. The highest BCUT2D eigenvalue weighted by molar-refractivity contribution is 6.05. The summed E-state index contributed by atoms with van der Waals surface area (Å²) in [7, 11) is 1.72. The summed E-state index contributed by atoms with van der Waals surface area (Å²) in [6.45, 7) is 0. The molecule has 0 saturated heterocycles. The average Bonchev–Trinajstić information content (AvgIpc) is 2.83. The fourth-order valence-corrected chi connectivity index (χ4v) is 1.55. The quantitative estimate of drug-likeness (QED) is 0.364. The van der Waals surface area contributed by atoms with Crippen LogP contribution in [0, 0.1) is 10.1 Å². The number of non-ortho nitro benzene ring substituents is 1. The van der Waals surface area contributed by atoms with E-state index in [-0.39, 0.29) is 11.5 Å². The molecule has 6 nitrogen and oxygen atoms in total. The topological polar surface area (TPSA) is 78.0 Å². The van der Waals surface area contributed by atoms with Crippen LogP contribution in [0.1, 0.15) is 16.1 Å². The third kappa shape index (κ3) is 3.12. The fraction of sp³-hybridized carbons (Fsp3) is 0.0769. The molecular weight excluding hydrogens is 246 g/mol. The Hall–Kier alpha value is -2.76. The maximum absolute atomic E-state index is 11.8. The van der Waals surface area contributed by atoms with E-state index >= 15 is 0 Å². The number of aryl methyl sites for hydroxylation is 1.